The molecule has 0 amide bonds. The molecule has 2 aliphatic heterocycles. The molecule has 0 atom stereocenters. The second kappa shape index (κ2) is 25.0. The molecule has 0 fully saturated rings. The molecule has 6 heteroatoms. The standard InChI is InChI=1S/C90H66BN3SSi/c1-11-31-67(32-12-1)69-51-55-73(56-52-69)93-86-65-79(95(76-39-19-5-20-40-76,77-41-21-6-22-42-77)78-43-23-7-24-44-78)59-61-84(86)91-85-62-60-83(96(80-45-25-8-26-46-80,81-47-27-9-28-48-81)82-49-29-10-30-50-82)66-87(85)94(74-57-53-70(54-58-74)68-33-13-2-14-34-68)89-64-75(63-88(93)90(89)91)92(71-35-15-3-16-36-71)72-37-17-4-18-38-72/h1-66H. The van der Waals surface area contributed by atoms with Gasteiger partial charge in [-0.05, 0) is 175 Å². The van der Waals surface area contributed by atoms with Crippen molar-refractivity contribution in [1.82, 2.24) is 0 Å². The van der Waals surface area contributed by atoms with E-state index in [-0.39, 0.29) is 6.71 Å². The van der Waals surface area contributed by atoms with Crippen molar-refractivity contribution in [2.45, 2.75) is 19.6 Å². The van der Waals surface area contributed by atoms with Crippen molar-refractivity contribution in [3.63, 3.8) is 0 Å². The Bertz CT molecular complexity index is 4680. The third kappa shape index (κ3) is 9.92. The van der Waals surface area contributed by atoms with E-state index in [9.17, 15) is 0 Å². The van der Waals surface area contributed by atoms with E-state index in [0.29, 0.717) is 0 Å². The smallest absolute Gasteiger partial charge is 0.252 e. The van der Waals surface area contributed by atoms with Crippen molar-refractivity contribution in [1.29, 1.82) is 0 Å². The summed E-state index contributed by atoms with van der Waals surface area (Å²) < 4.78 is 0. The van der Waals surface area contributed by atoms with Crippen LogP contribution < -0.4 is 51.8 Å². The van der Waals surface area contributed by atoms with Crippen molar-refractivity contribution in [2.75, 3.05) is 14.7 Å². The Kier molecular flexibility index (Phi) is 15.1. The van der Waals surface area contributed by atoms with Gasteiger partial charge in [-0.1, -0.05) is 285 Å². The zero-order valence-electron chi connectivity index (χ0n) is 52.9. The number of para-hydroxylation sites is 2. The van der Waals surface area contributed by atoms with Crippen LogP contribution in [0.15, 0.2) is 420 Å². The van der Waals surface area contributed by atoms with Gasteiger partial charge in [-0.2, -0.15) is 0 Å². The first-order chi connectivity index (χ1) is 47.6. The van der Waals surface area contributed by atoms with Crippen LogP contribution in [0.1, 0.15) is 0 Å². The van der Waals surface area contributed by atoms with E-state index in [2.05, 4.69) is 415 Å². The number of nitrogens with zero attached hydrogens (tertiary/aromatic N) is 3. The van der Waals surface area contributed by atoms with Gasteiger partial charge in [0.25, 0.3) is 6.71 Å². The van der Waals surface area contributed by atoms with Gasteiger partial charge in [-0.15, -0.1) is 10.0 Å². The van der Waals surface area contributed by atoms with Crippen molar-refractivity contribution in [3.05, 3.63) is 400 Å². The molecule has 0 aliphatic carbocycles. The molecular formula is C90H66BN3SSi. The first kappa shape index (κ1) is 58.2. The fraction of sp³-hybridized carbons (Fsp3) is 0. The maximum atomic E-state index is 2.62. The van der Waals surface area contributed by atoms with E-state index >= 15 is 0 Å². The molecule has 15 aromatic rings. The van der Waals surface area contributed by atoms with Gasteiger partial charge >= 0.3 is 0 Å². The monoisotopic (exact) mass is 1260 g/mol. The van der Waals surface area contributed by atoms with Crippen LogP contribution in [-0.2, 0) is 0 Å². The van der Waals surface area contributed by atoms with E-state index in [1.54, 1.807) is 0 Å². The Balaban J connectivity index is 1.01. The summed E-state index contributed by atoms with van der Waals surface area (Å²) in [5, 5.41) is 5.29. The molecule has 2 heterocycles. The maximum absolute atomic E-state index is 3.10. The van der Waals surface area contributed by atoms with Crippen LogP contribution in [0.3, 0.4) is 0 Å². The summed E-state index contributed by atoms with van der Waals surface area (Å²) in [4.78, 5) is 12.8. The second-order valence-corrected chi connectivity index (χ2v) is 31.6. The molecule has 0 spiro atoms. The highest BCUT2D eigenvalue weighted by molar-refractivity contribution is 8.34. The predicted octanol–water partition coefficient (Wildman–Crippen LogP) is 19.3. The van der Waals surface area contributed by atoms with Gasteiger partial charge in [0.15, 0.2) is 8.07 Å². The number of benzene rings is 15. The van der Waals surface area contributed by atoms with E-state index in [4.69, 9.17) is 0 Å². The van der Waals surface area contributed by atoms with E-state index < -0.39 is 18.1 Å². The first-order valence-electron chi connectivity index (χ1n) is 33.1. The van der Waals surface area contributed by atoms with Crippen molar-refractivity contribution in [2.24, 2.45) is 0 Å². The molecule has 0 radical (unpaired) electrons. The number of anilines is 9. The number of fused-ring (bicyclic) bond motifs is 4. The lowest BCUT2D eigenvalue weighted by atomic mass is 9.33. The lowest BCUT2D eigenvalue weighted by Gasteiger charge is -2.47. The summed E-state index contributed by atoms with van der Waals surface area (Å²) in [6.07, 6.45) is 0. The van der Waals surface area contributed by atoms with Gasteiger partial charge in [0.1, 0.15) is 0 Å². The average molecular weight is 1260 g/mol. The van der Waals surface area contributed by atoms with Gasteiger partial charge in [-0.3, -0.25) is 0 Å². The van der Waals surface area contributed by atoms with Crippen LogP contribution in [0.2, 0.25) is 0 Å². The molecule has 15 aromatic carbocycles. The lowest BCUT2D eigenvalue weighted by Crippen LogP contribution is -2.75. The molecular weight excluding hydrogens is 1190 g/mol. The topological polar surface area (TPSA) is 9.72 Å². The normalized spacial score (nSPS) is 12.5. The average Bonchev–Trinajstić information content (AvgIpc) is 0.687. The van der Waals surface area contributed by atoms with Gasteiger partial charge in [0.2, 0.25) is 0 Å². The molecule has 0 saturated carbocycles. The Labute approximate surface area is 566 Å². The molecule has 0 N–H and O–H groups in total. The van der Waals surface area contributed by atoms with Gasteiger partial charge in [0, 0.05) is 65.1 Å². The van der Waals surface area contributed by atoms with Crippen LogP contribution in [0.25, 0.3) is 22.3 Å². The Hall–Kier alpha value is -11.7. The lowest BCUT2D eigenvalue weighted by molar-refractivity contribution is 1.21. The zero-order valence-corrected chi connectivity index (χ0v) is 54.7. The fourth-order valence-corrected chi connectivity index (χ4v) is 23.9. The fourth-order valence-electron chi connectivity index (χ4n) is 15.3. The Morgan fingerprint density at radius 2 is 0.562 bits per heavy atom. The SMILES string of the molecule is c1ccc(-c2ccc(N3c4cc([Si](c5ccccc5)(c5ccccc5)c5ccccc5)ccc4B4c5ccc(S(c6ccccc6)(c6ccccc6)c6ccccc6)cc5N(c5ccc(-c6ccccc6)cc5)c5cc(N(c6ccccc6)c6ccccc6)cc3c54)cc2)cc1. The number of rotatable bonds is 15. The summed E-state index contributed by atoms with van der Waals surface area (Å²) in [7, 11) is -5.25. The predicted molar refractivity (Wildman–Crippen MR) is 410 cm³/mol. The summed E-state index contributed by atoms with van der Waals surface area (Å²) in [6, 6.07) is 150. The molecule has 454 valence electrons. The van der Waals surface area contributed by atoms with Crippen molar-refractivity contribution >= 4 is 113 Å². The Morgan fingerprint density at radius 3 is 0.948 bits per heavy atom. The first-order valence-corrected chi connectivity index (χ1v) is 36.7. The van der Waals surface area contributed by atoms with E-state index in [1.807, 2.05) is 0 Å². The molecule has 0 bridgehead atoms. The molecule has 17 rings (SSSR count). The highest BCUT2D eigenvalue weighted by Gasteiger charge is 2.48. The third-order valence-electron chi connectivity index (χ3n) is 19.5. The largest absolute Gasteiger partial charge is 0.311 e. The minimum absolute atomic E-state index is 0.213. The highest BCUT2D eigenvalue weighted by atomic mass is 32.3. The Morgan fingerprint density at radius 1 is 0.240 bits per heavy atom. The molecule has 0 saturated heterocycles. The molecule has 0 aromatic heterocycles. The highest BCUT2D eigenvalue weighted by Crippen LogP contribution is 2.74. The minimum Gasteiger partial charge on any atom is -0.311 e. The number of hydrogen-bond donors (Lipinski definition) is 0. The minimum atomic E-state index is -3.10. The van der Waals surface area contributed by atoms with Crippen LogP contribution in [0.4, 0.5) is 51.2 Å². The van der Waals surface area contributed by atoms with Crippen LogP contribution in [-0.4, -0.2) is 14.8 Å². The van der Waals surface area contributed by atoms with Crippen LogP contribution in [0.5, 0.6) is 0 Å². The maximum Gasteiger partial charge on any atom is 0.252 e. The third-order valence-corrected chi connectivity index (χ3v) is 28.2. The zero-order chi connectivity index (χ0) is 63.8. The summed E-state index contributed by atoms with van der Waals surface area (Å²) in [5.41, 5.74) is 18.2. The van der Waals surface area contributed by atoms with Crippen molar-refractivity contribution < 1.29 is 0 Å². The van der Waals surface area contributed by atoms with Crippen LogP contribution in [0, 0.1) is 0 Å². The van der Waals surface area contributed by atoms with Crippen molar-refractivity contribution in [3.8, 4) is 22.3 Å². The van der Waals surface area contributed by atoms with Gasteiger partial charge in [-0.25, -0.2) is 0 Å². The van der Waals surface area contributed by atoms with Gasteiger partial charge in [0.05, 0.1) is 5.69 Å². The molecule has 96 heavy (non-hydrogen) atoms. The summed E-state index contributed by atoms with van der Waals surface area (Å²) in [5.74, 6) is 0. The second-order valence-electron chi connectivity index (χ2n) is 24.7. The van der Waals surface area contributed by atoms with Crippen LogP contribution >= 0.6 is 10.0 Å². The van der Waals surface area contributed by atoms with E-state index in [1.165, 1.54) is 67.8 Å². The summed E-state index contributed by atoms with van der Waals surface area (Å²) in [6.45, 7) is -0.213. The molecule has 3 nitrogen and oxygen atoms in total. The molecule has 0 unspecified atom stereocenters. The quantitative estimate of drug-likeness (QED) is 0.0748. The summed E-state index contributed by atoms with van der Waals surface area (Å²) >= 11 is 0. The number of hydrogen-bond acceptors (Lipinski definition) is 3. The molecule has 2 aliphatic rings. The van der Waals surface area contributed by atoms with E-state index in [0.717, 1.165) is 62.3 Å². The van der Waals surface area contributed by atoms with Gasteiger partial charge < -0.3 is 14.7 Å².